The lowest BCUT2D eigenvalue weighted by Gasteiger charge is -2.03. The van der Waals surface area contributed by atoms with E-state index in [-0.39, 0.29) is 0 Å². The highest BCUT2D eigenvalue weighted by molar-refractivity contribution is 9.10. The van der Waals surface area contributed by atoms with Crippen LogP contribution in [0.4, 0.5) is 0 Å². The molecule has 0 aliphatic carbocycles. The van der Waals surface area contributed by atoms with E-state index in [2.05, 4.69) is 20.9 Å². The Hall–Kier alpha value is -2.20. The maximum atomic E-state index is 12.0. The Morgan fingerprint density at radius 3 is 2.45 bits per heavy atom. The van der Waals surface area contributed by atoms with Gasteiger partial charge in [-0.05, 0) is 60.9 Å². The molecule has 0 amide bonds. The van der Waals surface area contributed by atoms with Crippen LogP contribution >= 0.6 is 15.9 Å². The molecule has 0 radical (unpaired) electrons. The molecule has 0 bridgehead atoms. The monoisotopic (exact) mass is 355 g/mol. The Labute approximate surface area is 137 Å². The van der Waals surface area contributed by atoms with Gasteiger partial charge in [0.05, 0.1) is 0 Å². The highest BCUT2D eigenvalue weighted by Crippen LogP contribution is 2.21. The summed E-state index contributed by atoms with van der Waals surface area (Å²) in [5.41, 5.74) is 4.37. The summed E-state index contributed by atoms with van der Waals surface area (Å²) in [4.78, 5) is 16.3. The van der Waals surface area contributed by atoms with Crippen LogP contribution in [0.2, 0.25) is 0 Å². The minimum atomic E-state index is -0.420. The first kappa shape index (κ1) is 14.7. The molecule has 1 aliphatic heterocycles. The maximum Gasteiger partial charge on any atom is 0.363 e. The average molecular weight is 356 g/mol. The molecule has 1 aliphatic rings. The first-order chi connectivity index (χ1) is 10.5. The van der Waals surface area contributed by atoms with Gasteiger partial charge >= 0.3 is 5.97 Å². The zero-order chi connectivity index (χ0) is 15.7. The average Bonchev–Trinajstić information content (AvgIpc) is 2.85. The zero-order valence-corrected chi connectivity index (χ0v) is 13.8. The first-order valence-corrected chi connectivity index (χ1v) is 7.68. The summed E-state index contributed by atoms with van der Waals surface area (Å²) in [6, 6.07) is 13.5. The minimum Gasteiger partial charge on any atom is -0.402 e. The van der Waals surface area contributed by atoms with E-state index in [1.807, 2.05) is 56.3 Å². The van der Waals surface area contributed by atoms with Crippen molar-refractivity contribution < 1.29 is 9.53 Å². The van der Waals surface area contributed by atoms with Crippen LogP contribution in [-0.2, 0) is 9.53 Å². The molecule has 0 aromatic heterocycles. The van der Waals surface area contributed by atoms with Gasteiger partial charge < -0.3 is 4.74 Å². The van der Waals surface area contributed by atoms with E-state index in [0.717, 1.165) is 21.2 Å². The van der Waals surface area contributed by atoms with Gasteiger partial charge in [0.1, 0.15) is 0 Å². The number of esters is 1. The lowest BCUT2D eigenvalue weighted by molar-refractivity contribution is -0.129. The molecule has 3 rings (SSSR count). The van der Waals surface area contributed by atoms with E-state index in [1.165, 1.54) is 5.56 Å². The van der Waals surface area contributed by atoms with Gasteiger partial charge in [-0.3, -0.25) is 0 Å². The highest BCUT2D eigenvalue weighted by atomic mass is 79.9. The maximum absolute atomic E-state index is 12.0. The van der Waals surface area contributed by atoms with Gasteiger partial charge in [0, 0.05) is 10.0 Å². The number of ether oxygens (including phenoxy) is 1. The van der Waals surface area contributed by atoms with Crippen LogP contribution in [0.5, 0.6) is 0 Å². The van der Waals surface area contributed by atoms with Crippen molar-refractivity contribution in [1.82, 2.24) is 0 Å². The summed E-state index contributed by atoms with van der Waals surface area (Å²) < 4.78 is 6.27. The standard InChI is InChI=1S/C18H14BrNO2/c1-11-3-6-14(9-12(11)2)17-20-16(18(21)22-17)10-13-4-7-15(19)8-5-13/h3-10H,1-2H3. The molecule has 1 heterocycles. The molecule has 0 saturated carbocycles. The fourth-order valence-corrected chi connectivity index (χ4v) is 2.39. The van der Waals surface area contributed by atoms with E-state index in [0.29, 0.717) is 11.6 Å². The van der Waals surface area contributed by atoms with E-state index >= 15 is 0 Å². The Balaban J connectivity index is 1.94. The third-order valence-corrected chi connectivity index (χ3v) is 4.08. The largest absolute Gasteiger partial charge is 0.402 e. The van der Waals surface area contributed by atoms with Crippen LogP contribution in [0.15, 0.2) is 57.6 Å². The molecular weight excluding hydrogens is 342 g/mol. The quantitative estimate of drug-likeness (QED) is 0.591. The van der Waals surface area contributed by atoms with E-state index in [9.17, 15) is 4.79 Å². The summed E-state index contributed by atoms with van der Waals surface area (Å²) in [7, 11) is 0. The van der Waals surface area contributed by atoms with Gasteiger partial charge in [-0.25, -0.2) is 9.79 Å². The van der Waals surface area contributed by atoms with Crippen LogP contribution in [-0.4, -0.2) is 11.9 Å². The van der Waals surface area contributed by atoms with Gasteiger partial charge in [0.2, 0.25) is 5.90 Å². The SMILES string of the molecule is Cc1ccc(C2=NC(=Cc3ccc(Br)cc3)C(=O)O2)cc1C. The van der Waals surface area contributed by atoms with Gasteiger partial charge in [-0.1, -0.05) is 34.1 Å². The molecule has 22 heavy (non-hydrogen) atoms. The highest BCUT2D eigenvalue weighted by Gasteiger charge is 2.24. The second-order valence-corrected chi connectivity index (χ2v) is 6.10. The molecule has 0 atom stereocenters. The van der Waals surface area contributed by atoms with Crippen LogP contribution in [0.25, 0.3) is 6.08 Å². The van der Waals surface area contributed by atoms with E-state index < -0.39 is 5.97 Å². The summed E-state index contributed by atoms with van der Waals surface area (Å²) >= 11 is 3.38. The van der Waals surface area contributed by atoms with E-state index in [1.54, 1.807) is 6.08 Å². The van der Waals surface area contributed by atoms with Crippen LogP contribution in [0, 0.1) is 13.8 Å². The number of carbonyl (C=O) groups is 1. The molecule has 2 aromatic rings. The number of hydrogen-bond acceptors (Lipinski definition) is 3. The minimum absolute atomic E-state index is 0.315. The molecule has 110 valence electrons. The number of carbonyl (C=O) groups excluding carboxylic acids is 1. The molecule has 0 saturated heterocycles. The van der Waals surface area contributed by atoms with Gasteiger partial charge in [-0.15, -0.1) is 0 Å². The molecule has 3 nitrogen and oxygen atoms in total. The molecule has 4 heteroatoms. The second-order valence-electron chi connectivity index (χ2n) is 5.19. The number of cyclic esters (lactones) is 1. The van der Waals surface area contributed by atoms with Gasteiger partial charge in [0.25, 0.3) is 0 Å². The molecule has 0 spiro atoms. The van der Waals surface area contributed by atoms with Crippen molar-refractivity contribution in [1.29, 1.82) is 0 Å². The summed E-state index contributed by atoms with van der Waals surface area (Å²) in [5.74, 6) is -0.0624. The lowest BCUT2D eigenvalue weighted by Crippen LogP contribution is -2.05. The van der Waals surface area contributed by atoms with Crippen molar-refractivity contribution in [3.05, 3.63) is 74.9 Å². The number of halogens is 1. The van der Waals surface area contributed by atoms with Crippen molar-refractivity contribution in [2.45, 2.75) is 13.8 Å². The first-order valence-electron chi connectivity index (χ1n) is 6.89. The van der Waals surface area contributed by atoms with E-state index in [4.69, 9.17) is 4.74 Å². The Kier molecular flexibility index (Phi) is 3.94. The predicted molar refractivity (Wildman–Crippen MR) is 90.7 cm³/mol. The second kappa shape index (κ2) is 5.89. The predicted octanol–water partition coefficient (Wildman–Crippen LogP) is 4.41. The van der Waals surface area contributed by atoms with Crippen molar-refractivity contribution >= 4 is 33.9 Å². The van der Waals surface area contributed by atoms with Crippen LogP contribution in [0.3, 0.4) is 0 Å². The van der Waals surface area contributed by atoms with Gasteiger partial charge in [-0.2, -0.15) is 0 Å². The smallest absolute Gasteiger partial charge is 0.363 e. The lowest BCUT2D eigenvalue weighted by atomic mass is 10.1. The number of rotatable bonds is 2. The molecule has 0 unspecified atom stereocenters. The fourth-order valence-electron chi connectivity index (χ4n) is 2.12. The van der Waals surface area contributed by atoms with Crippen molar-refractivity contribution in [3.63, 3.8) is 0 Å². The molecule has 0 fully saturated rings. The number of nitrogens with zero attached hydrogens (tertiary/aromatic N) is 1. The molecule has 0 N–H and O–H groups in total. The number of aliphatic imine (C=N–C) groups is 1. The normalized spacial score (nSPS) is 15.9. The van der Waals surface area contributed by atoms with Crippen molar-refractivity contribution in [2.24, 2.45) is 4.99 Å². The topological polar surface area (TPSA) is 38.7 Å². The number of hydrogen-bond donors (Lipinski definition) is 0. The van der Waals surface area contributed by atoms with Crippen LogP contribution < -0.4 is 0 Å². The number of benzene rings is 2. The Morgan fingerprint density at radius 1 is 1.05 bits per heavy atom. The summed E-state index contributed by atoms with van der Waals surface area (Å²) in [5, 5.41) is 0. The summed E-state index contributed by atoms with van der Waals surface area (Å²) in [6.45, 7) is 4.06. The summed E-state index contributed by atoms with van der Waals surface area (Å²) in [6.07, 6.45) is 1.73. The fraction of sp³-hybridized carbons (Fsp3) is 0.111. The Bertz CT molecular complexity index is 804. The van der Waals surface area contributed by atoms with Crippen molar-refractivity contribution in [2.75, 3.05) is 0 Å². The van der Waals surface area contributed by atoms with Crippen molar-refractivity contribution in [3.8, 4) is 0 Å². The zero-order valence-electron chi connectivity index (χ0n) is 12.3. The molecule has 2 aromatic carbocycles. The number of aryl methyl sites for hydroxylation is 2. The Morgan fingerprint density at radius 2 is 1.77 bits per heavy atom. The molecular formula is C18H14BrNO2. The van der Waals surface area contributed by atoms with Gasteiger partial charge in [0.15, 0.2) is 5.70 Å². The third kappa shape index (κ3) is 3.02. The van der Waals surface area contributed by atoms with Crippen LogP contribution in [0.1, 0.15) is 22.3 Å². The third-order valence-electron chi connectivity index (χ3n) is 3.55.